The summed E-state index contributed by atoms with van der Waals surface area (Å²) < 4.78 is 51.6. The van der Waals surface area contributed by atoms with Crippen molar-refractivity contribution in [2.75, 3.05) is 18.1 Å². The number of benzene rings is 1. The average molecular weight is 434 g/mol. The van der Waals surface area contributed by atoms with E-state index in [0.717, 1.165) is 9.87 Å². The predicted molar refractivity (Wildman–Crippen MR) is 104 cm³/mol. The van der Waals surface area contributed by atoms with Gasteiger partial charge in [-0.25, -0.2) is 16.8 Å². The van der Waals surface area contributed by atoms with Crippen molar-refractivity contribution >= 4 is 25.8 Å². The lowest BCUT2D eigenvalue weighted by Gasteiger charge is -2.30. The van der Waals surface area contributed by atoms with Crippen LogP contribution in [0, 0.1) is 13.8 Å². The van der Waals surface area contributed by atoms with Crippen LogP contribution in [0.2, 0.25) is 0 Å². The number of hydrogen-bond donors (Lipinski definition) is 2. The van der Waals surface area contributed by atoms with Crippen molar-refractivity contribution < 1.29 is 31.8 Å². The number of rotatable bonds is 9. The Hall–Kier alpha value is -1.49. The van der Waals surface area contributed by atoms with E-state index >= 15 is 0 Å². The average Bonchev–Trinajstić information content (AvgIpc) is 2.82. The molecule has 1 aliphatic rings. The number of unbranched alkanes of at least 4 members (excludes halogenated alkanes) is 2. The maximum atomic E-state index is 13.3. The lowest BCUT2D eigenvalue weighted by atomic mass is 10.1. The van der Waals surface area contributed by atoms with Crippen LogP contribution in [-0.2, 0) is 24.7 Å². The minimum atomic E-state index is -4.03. The van der Waals surface area contributed by atoms with Gasteiger partial charge in [0.05, 0.1) is 28.5 Å². The van der Waals surface area contributed by atoms with E-state index in [1.54, 1.807) is 19.1 Å². The Labute approximate surface area is 166 Å². The fraction of sp³-hybridized carbons (Fsp3) is 0.611. The van der Waals surface area contributed by atoms with E-state index in [1.807, 2.05) is 6.92 Å². The first-order chi connectivity index (χ1) is 12.9. The number of nitrogens with zero attached hydrogens (tertiary/aromatic N) is 1. The van der Waals surface area contributed by atoms with Gasteiger partial charge in [-0.1, -0.05) is 24.1 Å². The number of aryl methyl sites for hydroxylation is 2. The molecule has 0 aromatic heterocycles. The molecule has 1 heterocycles. The van der Waals surface area contributed by atoms with Gasteiger partial charge in [-0.2, -0.15) is 4.31 Å². The van der Waals surface area contributed by atoms with Crippen LogP contribution in [0.25, 0.3) is 0 Å². The van der Waals surface area contributed by atoms with Gasteiger partial charge in [0, 0.05) is 13.0 Å². The second-order valence-corrected chi connectivity index (χ2v) is 11.3. The zero-order chi connectivity index (χ0) is 21.1. The molecule has 2 N–H and O–H groups in total. The Kier molecular flexibility index (Phi) is 7.24. The molecule has 0 unspecified atom stereocenters. The van der Waals surface area contributed by atoms with Gasteiger partial charge < -0.3 is 10.2 Å². The van der Waals surface area contributed by atoms with E-state index in [4.69, 9.17) is 5.11 Å². The summed E-state index contributed by atoms with van der Waals surface area (Å²) in [5.74, 6) is -1.81. The summed E-state index contributed by atoms with van der Waals surface area (Å²) in [5, 5.41) is 18.9. The summed E-state index contributed by atoms with van der Waals surface area (Å²) in [7, 11) is -7.56. The fourth-order valence-electron chi connectivity index (χ4n) is 3.49. The third kappa shape index (κ3) is 5.53. The van der Waals surface area contributed by atoms with Gasteiger partial charge in [0.2, 0.25) is 10.0 Å². The molecule has 8 nitrogen and oxygen atoms in total. The van der Waals surface area contributed by atoms with E-state index in [0.29, 0.717) is 24.8 Å². The predicted octanol–water partition coefficient (Wildman–Crippen LogP) is 1.10. The van der Waals surface area contributed by atoms with E-state index in [-0.39, 0.29) is 17.9 Å². The highest BCUT2D eigenvalue weighted by Gasteiger charge is 2.44. The van der Waals surface area contributed by atoms with Gasteiger partial charge in [-0.05, 0) is 38.3 Å². The van der Waals surface area contributed by atoms with Crippen LogP contribution in [0.1, 0.15) is 36.8 Å². The van der Waals surface area contributed by atoms with Crippen LogP contribution in [0.4, 0.5) is 0 Å². The molecule has 0 bridgehead atoms. The summed E-state index contributed by atoms with van der Waals surface area (Å²) in [6, 6.07) is 3.86. The molecule has 1 fully saturated rings. The number of aliphatic hydroxyl groups excluding tert-OH is 1. The molecule has 0 radical (unpaired) electrons. The molecule has 1 aromatic rings. The highest BCUT2D eigenvalue weighted by Crippen LogP contribution is 2.28. The fourth-order valence-corrected chi connectivity index (χ4v) is 7.28. The molecule has 0 aliphatic carbocycles. The molecule has 10 heteroatoms. The number of aliphatic carboxylic acids is 1. The van der Waals surface area contributed by atoms with Crippen LogP contribution in [0.3, 0.4) is 0 Å². The third-order valence-corrected chi connectivity index (χ3v) is 8.63. The third-order valence-electron chi connectivity index (χ3n) is 4.85. The maximum absolute atomic E-state index is 13.3. The number of hydrogen-bond acceptors (Lipinski definition) is 6. The molecular formula is C18H27NO7S2. The van der Waals surface area contributed by atoms with Gasteiger partial charge in [0.1, 0.15) is 0 Å². The number of sulfone groups is 1. The standard InChI is InChI=1S/C18H27NO7S2/c1-13-7-8-17(14(2)10-13)28(25,26)19(9-5-3-4-6-18(21)22)15-11-27(23,24)12-16(15)20/h7-8,10,15-16,20H,3-6,9,11-12H2,1-2H3,(H,21,22)/t15-,16+/m1/s1. The van der Waals surface area contributed by atoms with E-state index < -0.39 is 49.5 Å². The highest BCUT2D eigenvalue weighted by atomic mass is 32.2. The number of aliphatic hydroxyl groups is 1. The first-order valence-corrected chi connectivity index (χ1v) is 12.4. The van der Waals surface area contributed by atoms with Crippen LogP contribution in [0.15, 0.2) is 23.1 Å². The van der Waals surface area contributed by atoms with E-state index in [9.17, 15) is 26.7 Å². The Balaban J connectivity index is 2.30. The second kappa shape index (κ2) is 8.89. The molecule has 2 atom stereocenters. The lowest BCUT2D eigenvalue weighted by Crippen LogP contribution is -2.47. The first kappa shape index (κ1) is 22.8. The second-order valence-electron chi connectivity index (χ2n) is 7.30. The lowest BCUT2D eigenvalue weighted by molar-refractivity contribution is -0.137. The molecule has 1 saturated heterocycles. The molecule has 1 aromatic carbocycles. The Morgan fingerprint density at radius 2 is 1.86 bits per heavy atom. The molecule has 2 rings (SSSR count). The quantitative estimate of drug-likeness (QED) is 0.558. The Morgan fingerprint density at radius 1 is 1.18 bits per heavy atom. The molecular weight excluding hydrogens is 406 g/mol. The van der Waals surface area contributed by atoms with Crippen molar-refractivity contribution in [3.63, 3.8) is 0 Å². The monoisotopic (exact) mass is 433 g/mol. The minimum absolute atomic E-state index is 0.00967. The topological polar surface area (TPSA) is 129 Å². The normalized spacial score (nSPS) is 21.9. The first-order valence-electron chi connectivity index (χ1n) is 9.13. The minimum Gasteiger partial charge on any atom is -0.481 e. The Bertz CT molecular complexity index is 925. The van der Waals surface area contributed by atoms with Crippen LogP contribution >= 0.6 is 0 Å². The van der Waals surface area contributed by atoms with Crippen LogP contribution < -0.4 is 0 Å². The summed E-state index contributed by atoms with van der Waals surface area (Å²) in [6.45, 7) is 3.54. The maximum Gasteiger partial charge on any atom is 0.303 e. The molecule has 0 saturated carbocycles. The zero-order valence-corrected chi connectivity index (χ0v) is 17.7. The van der Waals surface area contributed by atoms with Gasteiger partial charge >= 0.3 is 5.97 Å². The van der Waals surface area contributed by atoms with E-state index in [1.165, 1.54) is 6.07 Å². The van der Waals surface area contributed by atoms with Crippen molar-refractivity contribution in [1.29, 1.82) is 0 Å². The largest absolute Gasteiger partial charge is 0.481 e. The van der Waals surface area contributed by atoms with Gasteiger partial charge in [0.15, 0.2) is 9.84 Å². The number of carboxylic acid groups (broad SMARTS) is 1. The SMILES string of the molecule is Cc1ccc(S(=O)(=O)N(CCCCCC(=O)O)[C@@H]2CS(=O)(=O)C[C@@H]2O)c(C)c1. The molecule has 158 valence electrons. The van der Waals surface area contributed by atoms with Crippen molar-refractivity contribution in [2.24, 2.45) is 0 Å². The van der Waals surface area contributed by atoms with Gasteiger partial charge in [-0.15, -0.1) is 0 Å². The van der Waals surface area contributed by atoms with Crippen molar-refractivity contribution in [1.82, 2.24) is 4.31 Å². The number of sulfonamides is 1. The number of carboxylic acids is 1. The summed E-state index contributed by atoms with van der Waals surface area (Å²) in [4.78, 5) is 10.7. The van der Waals surface area contributed by atoms with Gasteiger partial charge in [-0.3, -0.25) is 4.79 Å². The smallest absolute Gasteiger partial charge is 0.303 e. The van der Waals surface area contributed by atoms with Crippen LogP contribution in [0.5, 0.6) is 0 Å². The highest BCUT2D eigenvalue weighted by molar-refractivity contribution is 7.92. The molecule has 1 aliphatic heterocycles. The Morgan fingerprint density at radius 3 is 2.39 bits per heavy atom. The molecule has 28 heavy (non-hydrogen) atoms. The van der Waals surface area contributed by atoms with Crippen molar-refractivity contribution in [3.05, 3.63) is 29.3 Å². The van der Waals surface area contributed by atoms with Crippen molar-refractivity contribution in [3.8, 4) is 0 Å². The molecule has 0 amide bonds. The van der Waals surface area contributed by atoms with Crippen molar-refractivity contribution in [2.45, 2.75) is 56.6 Å². The molecule has 0 spiro atoms. The van der Waals surface area contributed by atoms with E-state index in [2.05, 4.69) is 0 Å². The number of carbonyl (C=O) groups is 1. The summed E-state index contributed by atoms with van der Waals surface area (Å²) in [5.41, 5.74) is 1.45. The van der Waals surface area contributed by atoms with Crippen LogP contribution in [-0.4, -0.2) is 67.5 Å². The zero-order valence-electron chi connectivity index (χ0n) is 16.0. The summed E-state index contributed by atoms with van der Waals surface area (Å²) >= 11 is 0. The van der Waals surface area contributed by atoms with Gasteiger partial charge in [0.25, 0.3) is 0 Å². The summed E-state index contributed by atoms with van der Waals surface area (Å²) in [6.07, 6.45) is -0.0335.